The Kier molecular flexibility index (Phi) is 10.0. The van der Waals surface area contributed by atoms with Crippen molar-refractivity contribution in [2.75, 3.05) is 0 Å². The molecule has 136 valence electrons. The van der Waals surface area contributed by atoms with Crippen LogP contribution in [0.2, 0.25) is 0 Å². The lowest BCUT2D eigenvalue weighted by Gasteiger charge is -2.26. The van der Waals surface area contributed by atoms with Gasteiger partial charge in [-0.2, -0.15) is 0 Å². The largest absolute Gasteiger partial charge is 0.0958 e. The summed E-state index contributed by atoms with van der Waals surface area (Å²) in [5.41, 5.74) is 3.73. The van der Waals surface area contributed by atoms with Crippen LogP contribution < -0.4 is 0 Å². The molecule has 0 N–H and O–H groups in total. The van der Waals surface area contributed by atoms with Gasteiger partial charge >= 0.3 is 0 Å². The molecule has 24 heavy (non-hydrogen) atoms. The van der Waals surface area contributed by atoms with E-state index >= 15 is 0 Å². The SMILES string of the molecule is CCCCCCC1CCC(CCCCCC)P1Cc1ccccc1. The van der Waals surface area contributed by atoms with Gasteiger partial charge in [0.2, 0.25) is 0 Å². The first-order chi connectivity index (χ1) is 11.8. The Morgan fingerprint density at radius 3 is 1.79 bits per heavy atom. The fourth-order valence-electron chi connectivity index (χ4n) is 4.30. The van der Waals surface area contributed by atoms with E-state index in [0.717, 1.165) is 11.3 Å². The fraction of sp³-hybridized carbons (Fsp3) is 0.739. The summed E-state index contributed by atoms with van der Waals surface area (Å²) in [6, 6.07) is 11.3. The molecule has 2 rings (SSSR count). The van der Waals surface area contributed by atoms with Crippen molar-refractivity contribution in [2.45, 2.75) is 108 Å². The van der Waals surface area contributed by atoms with E-state index in [-0.39, 0.29) is 7.92 Å². The maximum absolute atomic E-state index is 2.36. The number of rotatable bonds is 12. The van der Waals surface area contributed by atoms with Gasteiger partial charge in [-0.1, -0.05) is 103 Å². The predicted octanol–water partition coefficient (Wildman–Crippen LogP) is 8.14. The number of benzene rings is 1. The molecule has 0 saturated carbocycles. The third-order valence-electron chi connectivity index (χ3n) is 5.76. The number of hydrogen-bond donors (Lipinski definition) is 0. The van der Waals surface area contributed by atoms with Gasteiger partial charge in [0.15, 0.2) is 0 Å². The predicted molar refractivity (Wildman–Crippen MR) is 111 cm³/mol. The van der Waals surface area contributed by atoms with Gasteiger partial charge in [0.05, 0.1) is 0 Å². The Labute approximate surface area is 152 Å². The molecule has 1 heteroatoms. The average molecular weight is 347 g/mol. The van der Waals surface area contributed by atoms with E-state index in [0.29, 0.717) is 0 Å². The monoisotopic (exact) mass is 346 g/mol. The molecule has 1 aromatic rings. The standard InChI is InChI=1S/C23H39P/c1-3-5-7-12-16-22-18-19-23(17-13-8-6-4-2)24(22)20-21-14-10-9-11-15-21/h9-11,14-15,22-23H,3-8,12-13,16-20H2,1-2H3. The highest BCUT2D eigenvalue weighted by Crippen LogP contribution is 2.60. The molecule has 2 atom stereocenters. The fourth-order valence-corrected chi connectivity index (χ4v) is 8.04. The summed E-state index contributed by atoms with van der Waals surface area (Å²) in [6.07, 6.45) is 19.0. The minimum Gasteiger partial charge on any atom is -0.0958 e. The second-order valence-electron chi connectivity index (χ2n) is 7.74. The molecule has 0 bridgehead atoms. The first kappa shape index (κ1) is 20.0. The highest BCUT2D eigenvalue weighted by molar-refractivity contribution is 7.58. The molecule has 0 aromatic heterocycles. The Bertz CT molecular complexity index is 393. The first-order valence-electron chi connectivity index (χ1n) is 10.6. The lowest BCUT2D eigenvalue weighted by Crippen LogP contribution is -2.07. The Balaban J connectivity index is 1.88. The Morgan fingerprint density at radius 1 is 0.750 bits per heavy atom. The molecule has 1 aliphatic heterocycles. The van der Waals surface area contributed by atoms with Crippen LogP contribution in [0.5, 0.6) is 0 Å². The van der Waals surface area contributed by atoms with Gasteiger partial charge in [0.25, 0.3) is 0 Å². The summed E-state index contributed by atoms with van der Waals surface area (Å²) in [5.74, 6) is 0. The van der Waals surface area contributed by atoms with Crippen LogP contribution in [0.3, 0.4) is 0 Å². The van der Waals surface area contributed by atoms with Gasteiger partial charge in [-0.15, -0.1) is 0 Å². The lowest BCUT2D eigenvalue weighted by molar-refractivity contribution is 0.580. The zero-order valence-electron chi connectivity index (χ0n) is 16.2. The molecular formula is C23H39P. The van der Waals surface area contributed by atoms with Crippen LogP contribution >= 0.6 is 7.92 Å². The minimum atomic E-state index is 0.210. The summed E-state index contributed by atoms with van der Waals surface area (Å²) in [4.78, 5) is 0. The van der Waals surface area contributed by atoms with Crippen molar-refractivity contribution in [1.29, 1.82) is 0 Å². The highest BCUT2D eigenvalue weighted by Gasteiger charge is 2.34. The minimum absolute atomic E-state index is 0.210. The quantitative estimate of drug-likeness (QED) is 0.264. The van der Waals surface area contributed by atoms with Crippen LogP contribution in [0.25, 0.3) is 0 Å². The molecule has 1 aliphatic rings. The highest BCUT2D eigenvalue weighted by atomic mass is 31.1. The van der Waals surface area contributed by atoms with Crippen LogP contribution in [0, 0.1) is 0 Å². The topological polar surface area (TPSA) is 0 Å². The van der Waals surface area contributed by atoms with Gasteiger partial charge < -0.3 is 0 Å². The molecule has 0 amide bonds. The van der Waals surface area contributed by atoms with E-state index in [1.54, 1.807) is 5.56 Å². The van der Waals surface area contributed by atoms with Gasteiger partial charge in [0, 0.05) is 0 Å². The Morgan fingerprint density at radius 2 is 1.29 bits per heavy atom. The summed E-state index contributed by atoms with van der Waals surface area (Å²) in [5, 5.41) is 0. The first-order valence-corrected chi connectivity index (χ1v) is 12.3. The molecule has 1 fully saturated rings. The van der Waals surface area contributed by atoms with E-state index in [4.69, 9.17) is 0 Å². The molecule has 0 spiro atoms. The van der Waals surface area contributed by atoms with Crippen molar-refractivity contribution in [3.63, 3.8) is 0 Å². The van der Waals surface area contributed by atoms with E-state index in [1.807, 2.05) is 0 Å². The van der Waals surface area contributed by atoms with Crippen molar-refractivity contribution >= 4 is 7.92 Å². The molecule has 1 aromatic carbocycles. The van der Waals surface area contributed by atoms with Crippen LogP contribution in [-0.4, -0.2) is 11.3 Å². The van der Waals surface area contributed by atoms with E-state index in [2.05, 4.69) is 44.2 Å². The normalized spacial score (nSPS) is 23.7. The van der Waals surface area contributed by atoms with Crippen LogP contribution in [0.1, 0.15) is 96.5 Å². The molecule has 0 aliphatic carbocycles. The number of hydrogen-bond acceptors (Lipinski definition) is 0. The molecule has 0 radical (unpaired) electrons. The van der Waals surface area contributed by atoms with Crippen LogP contribution in [0.15, 0.2) is 30.3 Å². The van der Waals surface area contributed by atoms with Crippen molar-refractivity contribution < 1.29 is 0 Å². The third-order valence-corrected chi connectivity index (χ3v) is 9.40. The van der Waals surface area contributed by atoms with Gasteiger partial charge in [-0.25, -0.2) is 0 Å². The zero-order chi connectivity index (χ0) is 17.0. The summed E-state index contributed by atoms with van der Waals surface area (Å²) in [7, 11) is 0.210. The van der Waals surface area contributed by atoms with E-state index in [9.17, 15) is 0 Å². The molecule has 1 saturated heterocycles. The maximum Gasteiger partial charge on any atom is -0.00681 e. The lowest BCUT2D eigenvalue weighted by atomic mass is 10.0. The number of unbranched alkanes of at least 4 members (excludes halogenated alkanes) is 6. The van der Waals surface area contributed by atoms with Gasteiger partial charge in [-0.05, 0) is 48.7 Å². The molecule has 0 nitrogen and oxygen atoms in total. The Hall–Kier alpha value is -0.350. The summed E-state index contributed by atoms with van der Waals surface area (Å²) in [6.45, 7) is 4.65. The van der Waals surface area contributed by atoms with Crippen LogP contribution in [-0.2, 0) is 6.16 Å². The molecule has 2 unspecified atom stereocenters. The van der Waals surface area contributed by atoms with E-state index in [1.165, 1.54) is 83.2 Å². The maximum atomic E-state index is 2.36. The van der Waals surface area contributed by atoms with Crippen molar-refractivity contribution in [3.8, 4) is 0 Å². The second kappa shape index (κ2) is 12.1. The summed E-state index contributed by atoms with van der Waals surface area (Å²) >= 11 is 0. The van der Waals surface area contributed by atoms with Crippen LogP contribution in [0.4, 0.5) is 0 Å². The van der Waals surface area contributed by atoms with Gasteiger partial charge in [0.1, 0.15) is 0 Å². The average Bonchev–Trinajstić information content (AvgIpc) is 2.98. The zero-order valence-corrected chi connectivity index (χ0v) is 17.1. The van der Waals surface area contributed by atoms with Crippen molar-refractivity contribution in [2.24, 2.45) is 0 Å². The van der Waals surface area contributed by atoms with E-state index < -0.39 is 0 Å². The smallest absolute Gasteiger partial charge is 0.00681 e. The van der Waals surface area contributed by atoms with Crippen molar-refractivity contribution in [1.82, 2.24) is 0 Å². The third kappa shape index (κ3) is 6.87. The molecular weight excluding hydrogens is 307 g/mol. The summed E-state index contributed by atoms with van der Waals surface area (Å²) < 4.78 is 0. The second-order valence-corrected chi connectivity index (χ2v) is 10.5. The molecule has 1 heterocycles. The van der Waals surface area contributed by atoms with Gasteiger partial charge in [-0.3, -0.25) is 0 Å². The van der Waals surface area contributed by atoms with Crippen molar-refractivity contribution in [3.05, 3.63) is 35.9 Å².